The van der Waals surface area contributed by atoms with Crippen LogP contribution in [-0.4, -0.2) is 42.8 Å². The first kappa shape index (κ1) is 19.7. The number of rotatable bonds is 8. The molecule has 1 aromatic rings. The molecule has 0 saturated carbocycles. The first-order valence-corrected chi connectivity index (χ1v) is 8.07. The number of hydrogen-bond acceptors (Lipinski definition) is 4. The fourth-order valence-corrected chi connectivity index (χ4v) is 2.32. The molecule has 24 heavy (non-hydrogen) atoms. The second kappa shape index (κ2) is 9.70. The Balaban J connectivity index is 2.77. The highest BCUT2D eigenvalue weighted by Gasteiger charge is 2.33. The van der Waals surface area contributed by atoms with Gasteiger partial charge in [0.25, 0.3) is 0 Å². The number of carbonyl (C=O) groups is 3. The molecule has 0 radical (unpaired) electrons. The fourth-order valence-electron chi connectivity index (χ4n) is 2.32. The van der Waals surface area contributed by atoms with Crippen molar-refractivity contribution in [3.05, 3.63) is 35.9 Å². The highest BCUT2D eigenvalue weighted by molar-refractivity contribution is 5.98. The Bertz CT molecular complexity index is 559. The highest BCUT2D eigenvalue weighted by Crippen LogP contribution is 2.17. The van der Waals surface area contributed by atoms with Gasteiger partial charge in [-0.1, -0.05) is 50.6 Å². The lowest BCUT2D eigenvalue weighted by Gasteiger charge is -2.30. The maximum atomic E-state index is 12.5. The van der Waals surface area contributed by atoms with Crippen LogP contribution in [0.2, 0.25) is 0 Å². The molecule has 0 aliphatic carbocycles. The normalized spacial score (nSPS) is 12.8. The van der Waals surface area contributed by atoms with Crippen LogP contribution in [0.15, 0.2) is 30.3 Å². The molecule has 132 valence electrons. The third-order valence-electron chi connectivity index (χ3n) is 4.05. The van der Waals surface area contributed by atoms with E-state index in [1.807, 2.05) is 44.2 Å². The molecule has 0 unspecified atom stereocenters. The summed E-state index contributed by atoms with van der Waals surface area (Å²) in [5.74, 6) is -1.32. The molecule has 0 spiro atoms. The second-order valence-corrected chi connectivity index (χ2v) is 5.78. The summed E-state index contributed by atoms with van der Waals surface area (Å²) < 4.78 is 5.38. The summed E-state index contributed by atoms with van der Waals surface area (Å²) in [6.07, 6.45) is 0.425. The standard InChI is InChI=1S/C18H26N2O4/c1-5-13(2)17(20(4)16(22)11-15(21)19-3)18(23)24-12-14-9-7-6-8-10-14/h6-10,13,17H,5,11-12H2,1-4H3,(H,19,21)/t13-,17-/m0/s1. The number of esters is 1. The van der Waals surface area contributed by atoms with E-state index in [9.17, 15) is 14.4 Å². The van der Waals surface area contributed by atoms with E-state index in [1.165, 1.54) is 19.0 Å². The lowest BCUT2D eigenvalue weighted by Crippen LogP contribution is -2.48. The number of benzene rings is 1. The van der Waals surface area contributed by atoms with Gasteiger partial charge >= 0.3 is 5.97 Å². The molecule has 2 atom stereocenters. The third-order valence-corrected chi connectivity index (χ3v) is 4.05. The van der Waals surface area contributed by atoms with Crippen LogP contribution in [0.1, 0.15) is 32.3 Å². The van der Waals surface area contributed by atoms with Gasteiger partial charge in [0, 0.05) is 14.1 Å². The number of ether oxygens (including phenoxy) is 1. The van der Waals surface area contributed by atoms with Gasteiger partial charge in [-0.2, -0.15) is 0 Å². The average Bonchev–Trinajstić information content (AvgIpc) is 2.60. The fraction of sp³-hybridized carbons (Fsp3) is 0.500. The molecule has 1 aromatic carbocycles. The van der Waals surface area contributed by atoms with Gasteiger partial charge in [0.05, 0.1) is 0 Å². The van der Waals surface area contributed by atoms with Crippen molar-refractivity contribution in [1.29, 1.82) is 0 Å². The molecule has 0 saturated heterocycles. The molecule has 6 nitrogen and oxygen atoms in total. The maximum absolute atomic E-state index is 12.5. The van der Waals surface area contributed by atoms with Crippen LogP contribution < -0.4 is 5.32 Å². The third kappa shape index (κ3) is 5.68. The van der Waals surface area contributed by atoms with Crippen molar-refractivity contribution in [2.75, 3.05) is 14.1 Å². The van der Waals surface area contributed by atoms with E-state index >= 15 is 0 Å². The molecule has 1 rings (SSSR count). The smallest absolute Gasteiger partial charge is 0.329 e. The molecule has 6 heteroatoms. The minimum absolute atomic E-state index is 0.0769. The number of hydrogen-bond donors (Lipinski definition) is 1. The number of amides is 2. The van der Waals surface area contributed by atoms with Crippen LogP contribution in [0.25, 0.3) is 0 Å². The second-order valence-electron chi connectivity index (χ2n) is 5.78. The quantitative estimate of drug-likeness (QED) is 0.580. The summed E-state index contributed by atoms with van der Waals surface area (Å²) in [5, 5.41) is 2.41. The van der Waals surface area contributed by atoms with Gasteiger partial charge in [0.2, 0.25) is 11.8 Å². The molecule has 0 heterocycles. The number of nitrogens with one attached hydrogen (secondary N) is 1. The van der Waals surface area contributed by atoms with Crippen LogP contribution in [0, 0.1) is 5.92 Å². The SMILES string of the molecule is CC[C@H](C)[C@@H](C(=O)OCc1ccccc1)N(C)C(=O)CC(=O)NC. The minimum Gasteiger partial charge on any atom is -0.459 e. The number of likely N-dealkylation sites (N-methyl/N-ethyl adjacent to an activating group) is 1. The lowest BCUT2D eigenvalue weighted by atomic mass is 9.97. The topological polar surface area (TPSA) is 75.7 Å². The van der Waals surface area contributed by atoms with E-state index in [-0.39, 0.29) is 24.9 Å². The van der Waals surface area contributed by atoms with Crippen molar-refractivity contribution in [3.63, 3.8) is 0 Å². The van der Waals surface area contributed by atoms with Gasteiger partial charge in [-0.05, 0) is 11.5 Å². The predicted molar refractivity (Wildman–Crippen MR) is 90.9 cm³/mol. The van der Waals surface area contributed by atoms with Gasteiger partial charge in [-0.25, -0.2) is 4.79 Å². The highest BCUT2D eigenvalue weighted by atomic mass is 16.5. The van der Waals surface area contributed by atoms with E-state index in [0.717, 1.165) is 5.56 Å². The Kier molecular flexibility index (Phi) is 7.95. The molecule has 0 fully saturated rings. The summed E-state index contributed by atoms with van der Waals surface area (Å²) in [4.78, 5) is 37.4. The zero-order valence-electron chi connectivity index (χ0n) is 14.7. The van der Waals surface area contributed by atoms with Crippen molar-refractivity contribution in [2.24, 2.45) is 5.92 Å². The average molecular weight is 334 g/mol. The van der Waals surface area contributed by atoms with Gasteiger partial charge < -0.3 is 15.0 Å². The molecule has 0 bridgehead atoms. The van der Waals surface area contributed by atoms with Crippen molar-refractivity contribution >= 4 is 17.8 Å². The Morgan fingerprint density at radius 2 is 1.83 bits per heavy atom. The first-order chi connectivity index (χ1) is 11.4. The summed E-state index contributed by atoms with van der Waals surface area (Å²) in [6.45, 7) is 3.99. The molecule has 0 aliphatic heterocycles. The maximum Gasteiger partial charge on any atom is 0.329 e. The minimum atomic E-state index is -0.712. The largest absolute Gasteiger partial charge is 0.459 e. The molecule has 1 N–H and O–H groups in total. The summed E-state index contributed by atoms with van der Waals surface area (Å²) in [5.41, 5.74) is 0.882. The zero-order chi connectivity index (χ0) is 18.1. The van der Waals surface area contributed by atoms with E-state index in [2.05, 4.69) is 5.32 Å². The summed E-state index contributed by atoms with van der Waals surface area (Å²) >= 11 is 0. The van der Waals surface area contributed by atoms with Crippen LogP contribution in [0.5, 0.6) is 0 Å². The van der Waals surface area contributed by atoms with Gasteiger partial charge in [0.1, 0.15) is 19.1 Å². The Morgan fingerprint density at radius 3 is 2.38 bits per heavy atom. The monoisotopic (exact) mass is 334 g/mol. The Hall–Kier alpha value is -2.37. The lowest BCUT2D eigenvalue weighted by molar-refractivity contribution is -0.158. The van der Waals surface area contributed by atoms with Crippen molar-refractivity contribution in [2.45, 2.75) is 39.3 Å². The van der Waals surface area contributed by atoms with E-state index in [0.29, 0.717) is 6.42 Å². The molecule has 0 aromatic heterocycles. The van der Waals surface area contributed by atoms with Crippen LogP contribution in [-0.2, 0) is 25.7 Å². The van der Waals surface area contributed by atoms with Crippen LogP contribution in [0.4, 0.5) is 0 Å². The van der Waals surface area contributed by atoms with Crippen molar-refractivity contribution in [1.82, 2.24) is 10.2 Å². The number of carbonyl (C=O) groups excluding carboxylic acids is 3. The predicted octanol–water partition coefficient (Wildman–Crippen LogP) is 1.74. The van der Waals surface area contributed by atoms with Crippen molar-refractivity contribution < 1.29 is 19.1 Å². The van der Waals surface area contributed by atoms with E-state index < -0.39 is 17.9 Å². The first-order valence-electron chi connectivity index (χ1n) is 8.07. The van der Waals surface area contributed by atoms with E-state index in [1.54, 1.807) is 0 Å². The Labute approximate surface area is 143 Å². The van der Waals surface area contributed by atoms with Gasteiger partial charge in [-0.15, -0.1) is 0 Å². The van der Waals surface area contributed by atoms with Crippen LogP contribution in [0.3, 0.4) is 0 Å². The zero-order valence-corrected chi connectivity index (χ0v) is 14.7. The van der Waals surface area contributed by atoms with Gasteiger partial charge in [0.15, 0.2) is 0 Å². The van der Waals surface area contributed by atoms with Gasteiger partial charge in [-0.3, -0.25) is 9.59 Å². The number of nitrogens with zero attached hydrogens (tertiary/aromatic N) is 1. The molecular weight excluding hydrogens is 308 g/mol. The van der Waals surface area contributed by atoms with E-state index in [4.69, 9.17) is 4.74 Å². The summed E-state index contributed by atoms with van der Waals surface area (Å²) in [6, 6.07) is 8.65. The van der Waals surface area contributed by atoms with Crippen LogP contribution >= 0.6 is 0 Å². The molecular formula is C18H26N2O4. The van der Waals surface area contributed by atoms with Crippen molar-refractivity contribution in [3.8, 4) is 0 Å². The molecule has 0 aliphatic rings. The molecule has 2 amide bonds. The summed E-state index contributed by atoms with van der Waals surface area (Å²) in [7, 11) is 3.00. The Morgan fingerprint density at radius 1 is 1.21 bits per heavy atom.